The fourth-order valence-corrected chi connectivity index (χ4v) is 2.93. The summed E-state index contributed by atoms with van der Waals surface area (Å²) in [7, 11) is 1.48. The summed E-state index contributed by atoms with van der Waals surface area (Å²) in [6, 6.07) is 8.25. The van der Waals surface area contributed by atoms with Gasteiger partial charge in [0.1, 0.15) is 0 Å². The van der Waals surface area contributed by atoms with Gasteiger partial charge in [0.15, 0.2) is 5.82 Å². The third-order valence-corrected chi connectivity index (χ3v) is 3.90. The molecule has 0 spiro atoms. The van der Waals surface area contributed by atoms with Gasteiger partial charge in [-0.25, -0.2) is 4.98 Å². The standard InChI is InChI=1S/C15H18N4O2/c1-21-13-14(17-9-18-15(13)20)19-7-6-10-4-2-3-5-11(10)12(19)8-16/h2-5,9,12H,6-8,16H2,1H3,(H,17,18,20). The summed E-state index contributed by atoms with van der Waals surface area (Å²) in [5.41, 5.74) is 8.19. The minimum absolute atomic E-state index is 0.00171. The van der Waals surface area contributed by atoms with Gasteiger partial charge in [-0.05, 0) is 17.5 Å². The number of rotatable bonds is 3. The molecule has 3 rings (SSSR count). The van der Waals surface area contributed by atoms with E-state index in [1.54, 1.807) is 0 Å². The Balaban J connectivity index is 2.08. The highest BCUT2D eigenvalue weighted by Gasteiger charge is 2.29. The molecule has 1 aromatic heterocycles. The molecule has 1 unspecified atom stereocenters. The van der Waals surface area contributed by atoms with Crippen LogP contribution >= 0.6 is 0 Å². The SMILES string of the molecule is COc1c(N2CCc3ccccc3C2CN)nc[nH]c1=O. The van der Waals surface area contributed by atoms with E-state index in [1.165, 1.54) is 24.6 Å². The zero-order chi connectivity index (χ0) is 14.8. The van der Waals surface area contributed by atoms with Crippen molar-refractivity contribution in [3.05, 3.63) is 52.1 Å². The molecule has 6 nitrogen and oxygen atoms in total. The van der Waals surface area contributed by atoms with Gasteiger partial charge in [0.2, 0.25) is 5.75 Å². The number of anilines is 1. The first-order valence-electron chi connectivity index (χ1n) is 6.92. The normalized spacial score (nSPS) is 17.4. The Morgan fingerprint density at radius 3 is 3.05 bits per heavy atom. The summed E-state index contributed by atoms with van der Waals surface area (Å²) in [5.74, 6) is 0.779. The second kappa shape index (κ2) is 5.57. The molecule has 0 bridgehead atoms. The minimum Gasteiger partial charge on any atom is -0.489 e. The lowest BCUT2D eigenvalue weighted by atomic mass is 9.92. The van der Waals surface area contributed by atoms with Crippen molar-refractivity contribution in [2.24, 2.45) is 5.73 Å². The Morgan fingerprint density at radius 1 is 1.48 bits per heavy atom. The zero-order valence-electron chi connectivity index (χ0n) is 11.9. The molecule has 0 fully saturated rings. The van der Waals surface area contributed by atoms with Crippen LogP contribution in [0, 0.1) is 0 Å². The fourth-order valence-electron chi connectivity index (χ4n) is 2.93. The molecule has 21 heavy (non-hydrogen) atoms. The number of fused-ring (bicyclic) bond motifs is 1. The summed E-state index contributed by atoms with van der Waals surface area (Å²) in [6.45, 7) is 1.21. The number of ether oxygens (including phenoxy) is 1. The first-order valence-corrected chi connectivity index (χ1v) is 6.92. The maximum absolute atomic E-state index is 11.9. The summed E-state index contributed by atoms with van der Waals surface area (Å²) < 4.78 is 5.22. The monoisotopic (exact) mass is 286 g/mol. The van der Waals surface area contributed by atoms with Crippen molar-refractivity contribution in [2.45, 2.75) is 12.5 Å². The number of H-pyrrole nitrogens is 1. The van der Waals surface area contributed by atoms with Crippen LogP contribution in [0.25, 0.3) is 0 Å². The summed E-state index contributed by atoms with van der Waals surface area (Å²) in [5, 5.41) is 0. The van der Waals surface area contributed by atoms with Gasteiger partial charge in [0, 0.05) is 13.1 Å². The topological polar surface area (TPSA) is 84.2 Å². The van der Waals surface area contributed by atoms with Gasteiger partial charge >= 0.3 is 0 Å². The number of nitrogens with two attached hydrogens (primary N) is 1. The molecule has 110 valence electrons. The van der Waals surface area contributed by atoms with E-state index in [1.807, 2.05) is 12.1 Å². The summed E-state index contributed by atoms with van der Waals surface area (Å²) in [6.07, 6.45) is 2.29. The molecule has 1 aliphatic heterocycles. The predicted molar refractivity (Wildman–Crippen MR) is 80.7 cm³/mol. The van der Waals surface area contributed by atoms with Gasteiger partial charge in [-0.1, -0.05) is 24.3 Å². The van der Waals surface area contributed by atoms with E-state index in [0.29, 0.717) is 12.4 Å². The van der Waals surface area contributed by atoms with E-state index >= 15 is 0 Å². The summed E-state index contributed by atoms with van der Waals surface area (Å²) >= 11 is 0. The molecule has 3 N–H and O–H groups in total. The molecule has 0 saturated heterocycles. The number of benzene rings is 1. The van der Waals surface area contributed by atoms with Gasteiger partial charge in [-0.15, -0.1) is 0 Å². The Hall–Kier alpha value is -2.34. The molecule has 1 aliphatic rings. The van der Waals surface area contributed by atoms with E-state index in [0.717, 1.165) is 13.0 Å². The van der Waals surface area contributed by atoms with Crippen molar-refractivity contribution in [2.75, 3.05) is 25.1 Å². The van der Waals surface area contributed by atoms with E-state index in [2.05, 4.69) is 27.0 Å². The van der Waals surface area contributed by atoms with Crippen molar-refractivity contribution < 1.29 is 4.74 Å². The highest BCUT2D eigenvalue weighted by Crippen LogP contribution is 2.34. The van der Waals surface area contributed by atoms with Gasteiger partial charge < -0.3 is 20.4 Å². The molecule has 0 aliphatic carbocycles. The number of methoxy groups -OCH3 is 1. The highest BCUT2D eigenvalue weighted by molar-refractivity contribution is 5.55. The van der Waals surface area contributed by atoms with Crippen LogP contribution in [-0.2, 0) is 6.42 Å². The van der Waals surface area contributed by atoms with Crippen LogP contribution in [0.15, 0.2) is 35.4 Å². The maximum Gasteiger partial charge on any atom is 0.295 e. The van der Waals surface area contributed by atoms with Crippen molar-refractivity contribution >= 4 is 5.82 Å². The van der Waals surface area contributed by atoms with E-state index in [4.69, 9.17) is 10.5 Å². The number of aromatic amines is 1. The lowest BCUT2D eigenvalue weighted by Gasteiger charge is -2.37. The average Bonchev–Trinajstić information content (AvgIpc) is 2.53. The largest absolute Gasteiger partial charge is 0.489 e. The van der Waals surface area contributed by atoms with Crippen LogP contribution in [0.1, 0.15) is 17.2 Å². The molecule has 2 aromatic rings. The molecule has 0 saturated carbocycles. The third kappa shape index (κ3) is 2.27. The molecule has 2 heterocycles. The Kier molecular flexibility index (Phi) is 3.62. The van der Waals surface area contributed by atoms with Crippen molar-refractivity contribution in [1.82, 2.24) is 9.97 Å². The van der Waals surface area contributed by atoms with Gasteiger partial charge in [-0.3, -0.25) is 4.79 Å². The molecule has 0 amide bonds. The van der Waals surface area contributed by atoms with E-state index in [9.17, 15) is 4.79 Å². The third-order valence-electron chi connectivity index (χ3n) is 3.90. The fraction of sp³-hybridized carbons (Fsp3) is 0.333. The molecule has 6 heteroatoms. The second-order valence-corrected chi connectivity index (χ2v) is 4.98. The first kappa shape index (κ1) is 13.6. The van der Waals surface area contributed by atoms with E-state index < -0.39 is 0 Å². The Bertz CT molecular complexity index is 698. The highest BCUT2D eigenvalue weighted by atomic mass is 16.5. The van der Waals surface area contributed by atoms with Crippen molar-refractivity contribution in [3.8, 4) is 5.75 Å². The average molecular weight is 286 g/mol. The molecule has 0 radical (unpaired) electrons. The second-order valence-electron chi connectivity index (χ2n) is 4.98. The quantitative estimate of drug-likeness (QED) is 0.873. The Morgan fingerprint density at radius 2 is 2.29 bits per heavy atom. The predicted octanol–water partition coefficient (Wildman–Crippen LogP) is 0.841. The van der Waals surface area contributed by atoms with Crippen molar-refractivity contribution in [3.63, 3.8) is 0 Å². The number of nitrogens with zero attached hydrogens (tertiary/aromatic N) is 2. The number of hydrogen-bond donors (Lipinski definition) is 2. The van der Waals surface area contributed by atoms with Gasteiger partial charge in [0.25, 0.3) is 5.56 Å². The van der Waals surface area contributed by atoms with Crippen LogP contribution in [0.4, 0.5) is 5.82 Å². The lowest BCUT2D eigenvalue weighted by molar-refractivity contribution is 0.402. The van der Waals surface area contributed by atoms with E-state index in [-0.39, 0.29) is 17.4 Å². The first-order chi connectivity index (χ1) is 10.3. The zero-order valence-corrected chi connectivity index (χ0v) is 11.9. The molecular formula is C15H18N4O2. The number of hydrogen-bond acceptors (Lipinski definition) is 5. The maximum atomic E-state index is 11.9. The number of aromatic nitrogens is 2. The molecule has 1 aromatic carbocycles. The summed E-state index contributed by atoms with van der Waals surface area (Å²) in [4.78, 5) is 20.8. The number of nitrogens with one attached hydrogen (secondary N) is 1. The van der Waals surface area contributed by atoms with Crippen LogP contribution in [0.3, 0.4) is 0 Å². The Labute approximate surface area is 122 Å². The van der Waals surface area contributed by atoms with Gasteiger partial charge in [-0.2, -0.15) is 0 Å². The minimum atomic E-state index is -0.280. The molecule has 1 atom stereocenters. The van der Waals surface area contributed by atoms with Crippen molar-refractivity contribution in [1.29, 1.82) is 0 Å². The van der Waals surface area contributed by atoms with Crippen LogP contribution in [-0.4, -0.2) is 30.2 Å². The lowest BCUT2D eigenvalue weighted by Crippen LogP contribution is -2.40. The molecular weight excluding hydrogens is 268 g/mol. The smallest absolute Gasteiger partial charge is 0.295 e. The van der Waals surface area contributed by atoms with Gasteiger partial charge in [0.05, 0.1) is 19.5 Å². The van der Waals surface area contributed by atoms with Crippen LogP contribution in [0.2, 0.25) is 0 Å². The van der Waals surface area contributed by atoms with Crippen LogP contribution < -0.4 is 20.9 Å². The van der Waals surface area contributed by atoms with Crippen LogP contribution in [0.5, 0.6) is 5.75 Å².